The first-order valence-electron chi connectivity index (χ1n) is 8.73. The summed E-state index contributed by atoms with van der Waals surface area (Å²) in [7, 11) is -1.12. The molecule has 0 saturated carbocycles. The Morgan fingerprint density at radius 3 is 2.80 bits per heavy atom. The maximum absolute atomic E-state index is 11.6. The van der Waals surface area contributed by atoms with Crippen LogP contribution in [-0.4, -0.2) is 45.1 Å². The fourth-order valence-corrected chi connectivity index (χ4v) is 5.43. The lowest BCUT2D eigenvalue weighted by molar-refractivity contribution is 0.0694. The maximum atomic E-state index is 11.6. The Bertz CT molecular complexity index is 759. The van der Waals surface area contributed by atoms with E-state index in [9.17, 15) is 8.42 Å². The molecule has 2 aliphatic heterocycles. The Morgan fingerprint density at radius 1 is 1.36 bits per heavy atom. The number of fused-ring (bicyclic) bond motifs is 1. The van der Waals surface area contributed by atoms with Gasteiger partial charge >= 0.3 is 0 Å². The molecule has 1 saturated heterocycles. The molecule has 0 spiro atoms. The van der Waals surface area contributed by atoms with Gasteiger partial charge in [-0.3, -0.25) is 4.99 Å². The van der Waals surface area contributed by atoms with Gasteiger partial charge in [-0.05, 0) is 32.3 Å². The van der Waals surface area contributed by atoms with Crippen LogP contribution in [0, 0.1) is 5.92 Å². The number of sulfone groups is 1. The van der Waals surface area contributed by atoms with Crippen molar-refractivity contribution in [3.8, 4) is 5.75 Å². The predicted octanol–water partition coefficient (Wildman–Crippen LogP) is 1.89. The largest absolute Gasteiger partial charge is 0.487 e. The number of aliphatic imine (C=N–C) groups is 1. The van der Waals surface area contributed by atoms with Gasteiger partial charge in [0.05, 0.1) is 17.5 Å². The van der Waals surface area contributed by atoms with Gasteiger partial charge in [0.2, 0.25) is 0 Å². The van der Waals surface area contributed by atoms with Crippen molar-refractivity contribution >= 4 is 15.8 Å². The predicted molar refractivity (Wildman–Crippen MR) is 99.8 cm³/mol. The Kier molecular flexibility index (Phi) is 4.95. The van der Waals surface area contributed by atoms with Crippen LogP contribution >= 0.6 is 0 Å². The Morgan fingerprint density at radius 2 is 2.12 bits per heavy atom. The zero-order valence-corrected chi connectivity index (χ0v) is 15.9. The monoisotopic (exact) mass is 365 g/mol. The summed E-state index contributed by atoms with van der Waals surface area (Å²) >= 11 is 0. The van der Waals surface area contributed by atoms with Crippen LogP contribution in [0.4, 0.5) is 0 Å². The van der Waals surface area contributed by atoms with Gasteiger partial charge in [-0.15, -0.1) is 0 Å². The smallest absolute Gasteiger partial charge is 0.191 e. The van der Waals surface area contributed by atoms with Crippen LogP contribution in [0.25, 0.3) is 0 Å². The summed E-state index contributed by atoms with van der Waals surface area (Å²) in [5.74, 6) is 2.31. The molecule has 0 bridgehead atoms. The Balaban J connectivity index is 1.66. The van der Waals surface area contributed by atoms with Gasteiger partial charge in [-0.25, -0.2) is 8.42 Å². The van der Waals surface area contributed by atoms with Gasteiger partial charge in [0.15, 0.2) is 15.8 Å². The van der Waals surface area contributed by atoms with Crippen LogP contribution < -0.4 is 15.4 Å². The lowest BCUT2D eigenvalue weighted by Gasteiger charge is -2.38. The van der Waals surface area contributed by atoms with Gasteiger partial charge in [0.1, 0.15) is 11.4 Å². The third-order valence-electron chi connectivity index (χ3n) is 4.80. The van der Waals surface area contributed by atoms with Crippen molar-refractivity contribution in [3.63, 3.8) is 0 Å². The minimum atomic E-state index is -2.85. The highest BCUT2D eigenvalue weighted by atomic mass is 32.2. The molecule has 2 N–H and O–H groups in total. The number of rotatable bonds is 3. The molecule has 1 fully saturated rings. The van der Waals surface area contributed by atoms with E-state index in [0.29, 0.717) is 18.3 Å². The number of para-hydroxylation sites is 1. The normalized spacial score (nSPS) is 27.2. The molecule has 138 valence electrons. The van der Waals surface area contributed by atoms with Crippen molar-refractivity contribution < 1.29 is 13.2 Å². The summed E-state index contributed by atoms with van der Waals surface area (Å²) in [6.45, 7) is 4.78. The highest BCUT2D eigenvalue weighted by Crippen LogP contribution is 2.39. The molecular weight excluding hydrogens is 338 g/mol. The third-order valence-corrected chi connectivity index (χ3v) is 6.63. The molecule has 0 aliphatic carbocycles. The second-order valence-electron chi connectivity index (χ2n) is 7.52. The SMILES string of the molecule is CN=C(NCC1CCS(=O)(=O)C1)NC1CC(C)(C)Oc2ccccc21. The average Bonchev–Trinajstić information content (AvgIpc) is 2.89. The molecule has 1 aromatic rings. The number of ether oxygens (including phenoxy) is 1. The molecule has 2 aliphatic rings. The fourth-order valence-electron chi connectivity index (χ4n) is 3.56. The third kappa shape index (κ3) is 4.45. The number of hydrogen-bond donors (Lipinski definition) is 2. The Hall–Kier alpha value is -1.76. The molecule has 0 amide bonds. The second-order valence-corrected chi connectivity index (χ2v) is 9.75. The van der Waals surface area contributed by atoms with Crippen molar-refractivity contribution in [1.82, 2.24) is 10.6 Å². The number of nitrogens with zero attached hydrogens (tertiary/aromatic N) is 1. The van der Waals surface area contributed by atoms with Gasteiger partial charge in [0, 0.05) is 25.6 Å². The molecule has 0 aromatic heterocycles. The van der Waals surface area contributed by atoms with Crippen molar-refractivity contribution in [3.05, 3.63) is 29.8 Å². The summed E-state index contributed by atoms with van der Waals surface area (Å²) < 4.78 is 29.2. The van der Waals surface area contributed by atoms with Gasteiger partial charge in [-0.1, -0.05) is 18.2 Å². The molecular formula is C18H27N3O3S. The summed E-state index contributed by atoms with van der Waals surface area (Å²) in [6, 6.07) is 8.14. The lowest BCUT2D eigenvalue weighted by Crippen LogP contribution is -2.46. The van der Waals surface area contributed by atoms with Gasteiger partial charge < -0.3 is 15.4 Å². The maximum Gasteiger partial charge on any atom is 0.191 e. The first kappa shape index (κ1) is 18.0. The quantitative estimate of drug-likeness (QED) is 0.632. The van der Waals surface area contributed by atoms with Crippen LogP contribution in [0.1, 0.15) is 38.3 Å². The minimum Gasteiger partial charge on any atom is -0.487 e. The average molecular weight is 365 g/mol. The molecule has 7 heteroatoms. The molecule has 1 aromatic carbocycles. The molecule has 3 rings (SSSR count). The zero-order chi connectivity index (χ0) is 18.1. The van der Waals surface area contributed by atoms with Crippen molar-refractivity contribution in [1.29, 1.82) is 0 Å². The fraction of sp³-hybridized carbons (Fsp3) is 0.611. The van der Waals surface area contributed by atoms with Crippen LogP contribution in [0.3, 0.4) is 0 Å². The van der Waals surface area contributed by atoms with E-state index >= 15 is 0 Å². The summed E-state index contributed by atoms with van der Waals surface area (Å²) in [5, 5.41) is 6.76. The summed E-state index contributed by atoms with van der Waals surface area (Å²) in [6.07, 6.45) is 1.54. The molecule has 0 radical (unpaired) electrons. The van der Waals surface area contributed by atoms with E-state index in [1.54, 1.807) is 7.05 Å². The van der Waals surface area contributed by atoms with E-state index in [1.807, 2.05) is 18.2 Å². The van der Waals surface area contributed by atoms with Gasteiger partial charge in [0.25, 0.3) is 0 Å². The van der Waals surface area contributed by atoms with Crippen LogP contribution in [0.5, 0.6) is 5.75 Å². The topological polar surface area (TPSA) is 79.8 Å². The molecule has 6 nitrogen and oxygen atoms in total. The van der Waals surface area contributed by atoms with Crippen LogP contribution in [0.15, 0.2) is 29.3 Å². The van der Waals surface area contributed by atoms with Crippen molar-refractivity contribution in [2.75, 3.05) is 25.1 Å². The van der Waals surface area contributed by atoms with E-state index in [-0.39, 0.29) is 23.3 Å². The summed E-state index contributed by atoms with van der Waals surface area (Å²) in [4.78, 5) is 4.30. The van der Waals surface area contributed by atoms with E-state index < -0.39 is 9.84 Å². The van der Waals surface area contributed by atoms with E-state index in [4.69, 9.17) is 4.74 Å². The van der Waals surface area contributed by atoms with E-state index in [1.165, 1.54) is 0 Å². The second kappa shape index (κ2) is 6.86. The number of benzene rings is 1. The zero-order valence-electron chi connectivity index (χ0n) is 15.1. The molecule has 25 heavy (non-hydrogen) atoms. The lowest BCUT2D eigenvalue weighted by atomic mass is 9.90. The minimum absolute atomic E-state index is 0.0958. The summed E-state index contributed by atoms with van der Waals surface area (Å²) in [5.41, 5.74) is 0.859. The van der Waals surface area contributed by atoms with Crippen LogP contribution in [0.2, 0.25) is 0 Å². The van der Waals surface area contributed by atoms with Crippen molar-refractivity contribution in [2.24, 2.45) is 10.9 Å². The number of nitrogens with one attached hydrogen (secondary N) is 2. The first-order chi connectivity index (χ1) is 11.8. The molecule has 2 unspecified atom stereocenters. The van der Waals surface area contributed by atoms with Crippen LogP contribution in [-0.2, 0) is 9.84 Å². The van der Waals surface area contributed by atoms with E-state index in [2.05, 4.69) is 35.5 Å². The van der Waals surface area contributed by atoms with E-state index in [0.717, 1.165) is 24.2 Å². The first-order valence-corrected chi connectivity index (χ1v) is 10.6. The van der Waals surface area contributed by atoms with Gasteiger partial charge in [-0.2, -0.15) is 0 Å². The molecule has 2 atom stereocenters. The van der Waals surface area contributed by atoms with Crippen molar-refractivity contribution in [2.45, 2.75) is 38.3 Å². The highest BCUT2D eigenvalue weighted by Gasteiger charge is 2.34. The highest BCUT2D eigenvalue weighted by molar-refractivity contribution is 7.91. The Labute approximate surface area is 150 Å². The molecule has 2 heterocycles. The standard InChI is InChI=1S/C18H27N3O3S/c1-18(2)10-15(14-6-4-5-7-16(14)24-18)21-17(19-3)20-11-13-8-9-25(22,23)12-13/h4-7,13,15H,8-12H2,1-3H3,(H2,19,20,21). The number of hydrogen-bond acceptors (Lipinski definition) is 4. The number of guanidine groups is 1.